The molecule has 6 nitrogen and oxygen atoms in total. The largest absolute Gasteiger partial charge is 0.480 e. The molecule has 0 aliphatic heterocycles. The van der Waals surface area contributed by atoms with Crippen LogP contribution in [-0.4, -0.2) is 41.4 Å². The summed E-state index contributed by atoms with van der Waals surface area (Å²) in [4.78, 5) is 25.8. The van der Waals surface area contributed by atoms with Gasteiger partial charge in [-0.05, 0) is 27.8 Å². The second-order valence-electron chi connectivity index (χ2n) is 7.50. The fraction of sp³-hybridized carbons (Fsp3) is 0.200. The predicted octanol–water partition coefficient (Wildman–Crippen LogP) is 3.85. The normalized spacial score (nSPS) is 13.2. The lowest BCUT2D eigenvalue weighted by molar-refractivity contribution is -0.142. The summed E-state index contributed by atoms with van der Waals surface area (Å²) >= 11 is 0. The summed E-state index contributed by atoms with van der Waals surface area (Å²) in [5, 5.41) is 9.72. The number of benzene rings is 3. The Labute approximate surface area is 180 Å². The van der Waals surface area contributed by atoms with Crippen molar-refractivity contribution in [2.45, 2.75) is 18.4 Å². The van der Waals surface area contributed by atoms with Crippen LogP contribution in [-0.2, 0) is 16.0 Å². The van der Waals surface area contributed by atoms with Crippen LogP contribution in [0.1, 0.15) is 22.6 Å². The molecule has 1 amide bonds. The first kappa shape index (κ1) is 20.6. The molecule has 3 N–H and O–H groups in total. The van der Waals surface area contributed by atoms with E-state index in [1.54, 1.807) is 0 Å². The SMILES string of the molecule is NCN(C(=O)OCC1c2ccccc2-c2ccccc21)[C@@H](Cc1ccccc1)C(=O)O. The minimum atomic E-state index is -1.12. The molecule has 0 spiro atoms. The Morgan fingerprint density at radius 3 is 2.00 bits per heavy atom. The van der Waals surface area contributed by atoms with Gasteiger partial charge in [0.05, 0.1) is 6.67 Å². The van der Waals surface area contributed by atoms with Crippen molar-refractivity contribution in [3.8, 4) is 11.1 Å². The van der Waals surface area contributed by atoms with Gasteiger partial charge in [0.2, 0.25) is 0 Å². The van der Waals surface area contributed by atoms with Gasteiger partial charge >= 0.3 is 12.1 Å². The van der Waals surface area contributed by atoms with Gasteiger partial charge in [-0.3, -0.25) is 4.90 Å². The number of carbonyl (C=O) groups is 2. The van der Waals surface area contributed by atoms with Crippen LogP contribution >= 0.6 is 0 Å². The highest BCUT2D eigenvalue weighted by molar-refractivity contribution is 5.81. The molecule has 0 saturated heterocycles. The molecule has 4 rings (SSSR count). The molecule has 3 aromatic rings. The van der Waals surface area contributed by atoms with E-state index in [0.717, 1.165) is 32.7 Å². The first-order valence-electron chi connectivity index (χ1n) is 10.2. The molecule has 0 saturated carbocycles. The fourth-order valence-electron chi connectivity index (χ4n) is 4.17. The molecule has 158 valence electrons. The van der Waals surface area contributed by atoms with Gasteiger partial charge in [-0.25, -0.2) is 9.59 Å². The Hall–Kier alpha value is -3.64. The molecule has 0 radical (unpaired) electrons. The van der Waals surface area contributed by atoms with E-state index >= 15 is 0 Å². The van der Waals surface area contributed by atoms with Crippen LogP contribution in [0.25, 0.3) is 11.1 Å². The van der Waals surface area contributed by atoms with Crippen LogP contribution in [0.5, 0.6) is 0 Å². The maximum atomic E-state index is 12.9. The predicted molar refractivity (Wildman–Crippen MR) is 118 cm³/mol. The number of nitrogens with zero attached hydrogens (tertiary/aromatic N) is 1. The number of aliphatic carboxylic acids is 1. The zero-order valence-electron chi connectivity index (χ0n) is 17.0. The molecular formula is C25H24N2O4. The van der Waals surface area contributed by atoms with Crippen LogP contribution in [0.3, 0.4) is 0 Å². The molecule has 0 aromatic heterocycles. The third kappa shape index (κ3) is 4.15. The number of amides is 1. The van der Waals surface area contributed by atoms with Gasteiger partial charge in [-0.15, -0.1) is 0 Å². The summed E-state index contributed by atoms with van der Waals surface area (Å²) in [6, 6.07) is 24.1. The van der Waals surface area contributed by atoms with Crippen LogP contribution in [0.4, 0.5) is 4.79 Å². The summed E-state index contributed by atoms with van der Waals surface area (Å²) in [6.07, 6.45) is -0.579. The van der Waals surface area contributed by atoms with Crippen LogP contribution in [0.15, 0.2) is 78.9 Å². The van der Waals surface area contributed by atoms with E-state index in [0.29, 0.717) is 0 Å². The Kier molecular flexibility index (Phi) is 6.00. The van der Waals surface area contributed by atoms with Crippen molar-refractivity contribution in [2.24, 2.45) is 5.73 Å². The smallest absolute Gasteiger partial charge is 0.411 e. The number of carboxylic acids is 1. The molecule has 3 aromatic carbocycles. The summed E-state index contributed by atoms with van der Waals surface area (Å²) in [7, 11) is 0. The minimum absolute atomic E-state index is 0.103. The summed E-state index contributed by atoms with van der Waals surface area (Å²) < 4.78 is 5.61. The summed E-state index contributed by atoms with van der Waals surface area (Å²) in [5.41, 5.74) is 11.0. The third-order valence-corrected chi connectivity index (χ3v) is 5.70. The van der Waals surface area contributed by atoms with Gasteiger partial charge < -0.3 is 15.6 Å². The van der Waals surface area contributed by atoms with Crippen molar-refractivity contribution in [2.75, 3.05) is 13.3 Å². The van der Waals surface area contributed by atoms with E-state index in [1.807, 2.05) is 66.7 Å². The highest BCUT2D eigenvalue weighted by Crippen LogP contribution is 2.44. The van der Waals surface area contributed by atoms with E-state index in [9.17, 15) is 14.7 Å². The Morgan fingerprint density at radius 2 is 1.45 bits per heavy atom. The van der Waals surface area contributed by atoms with Gasteiger partial charge in [-0.1, -0.05) is 78.9 Å². The monoisotopic (exact) mass is 416 g/mol. The average Bonchev–Trinajstić information content (AvgIpc) is 3.12. The maximum absolute atomic E-state index is 12.9. The quantitative estimate of drug-likeness (QED) is 0.571. The van der Waals surface area contributed by atoms with Crippen molar-refractivity contribution in [1.29, 1.82) is 0 Å². The van der Waals surface area contributed by atoms with Crippen LogP contribution < -0.4 is 5.73 Å². The number of carboxylic acid groups (broad SMARTS) is 1. The summed E-state index contributed by atoms with van der Waals surface area (Å²) in [6.45, 7) is -0.137. The molecule has 1 aliphatic carbocycles. The third-order valence-electron chi connectivity index (χ3n) is 5.70. The number of nitrogens with two attached hydrogens (primary N) is 1. The van der Waals surface area contributed by atoms with Crippen molar-refractivity contribution in [1.82, 2.24) is 4.90 Å². The van der Waals surface area contributed by atoms with Crippen LogP contribution in [0.2, 0.25) is 0 Å². The molecule has 1 atom stereocenters. The molecule has 0 unspecified atom stereocenters. The van der Waals surface area contributed by atoms with Gasteiger partial charge in [-0.2, -0.15) is 0 Å². The molecule has 6 heteroatoms. The number of hydrogen-bond donors (Lipinski definition) is 2. The molecule has 0 fully saturated rings. The number of fused-ring (bicyclic) bond motifs is 3. The topological polar surface area (TPSA) is 92.9 Å². The minimum Gasteiger partial charge on any atom is -0.480 e. The van der Waals surface area contributed by atoms with E-state index in [4.69, 9.17) is 10.5 Å². The molecule has 31 heavy (non-hydrogen) atoms. The lowest BCUT2D eigenvalue weighted by atomic mass is 9.98. The van der Waals surface area contributed by atoms with Crippen molar-refractivity contribution in [3.63, 3.8) is 0 Å². The Morgan fingerprint density at radius 1 is 0.903 bits per heavy atom. The van der Waals surface area contributed by atoms with Crippen LogP contribution in [0, 0.1) is 0 Å². The Bertz CT molecular complexity index is 1040. The lowest BCUT2D eigenvalue weighted by Gasteiger charge is -2.27. The number of ether oxygens (including phenoxy) is 1. The maximum Gasteiger partial charge on any atom is 0.411 e. The van der Waals surface area contributed by atoms with Crippen molar-refractivity contribution >= 4 is 12.1 Å². The van der Waals surface area contributed by atoms with E-state index in [1.165, 1.54) is 0 Å². The zero-order chi connectivity index (χ0) is 21.8. The van der Waals surface area contributed by atoms with Crippen molar-refractivity contribution in [3.05, 3.63) is 95.6 Å². The van der Waals surface area contributed by atoms with E-state index < -0.39 is 18.1 Å². The number of carbonyl (C=O) groups excluding carboxylic acids is 1. The molecule has 0 bridgehead atoms. The van der Waals surface area contributed by atoms with E-state index in [2.05, 4.69) is 12.1 Å². The molecule has 1 aliphatic rings. The average molecular weight is 416 g/mol. The fourth-order valence-corrected chi connectivity index (χ4v) is 4.17. The number of hydrogen-bond acceptors (Lipinski definition) is 4. The first-order valence-corrected chi connectivity index (χ1v) is 10.2. The van der Waals surface area contributed by atoms with Gasteiger partial charge in [0.1, 0.15) is 12.6 Å². The van der Waals surface area contributed by atoms with Gasteiger partial charge in [0.25, 0.3) is 0 Å². The first-order chi connectivity index (χ1) is 15.1. The van der Waals surface area contributed by atoms with Gasteiger partial charge in [0, 0.05) is 12.3 Å². The standard InChI is InChI=1S/C25H24N2O4/c26-16-27(23(24(28)29)14-17-8-2-1-3-9-17)25(30)31-15-22-20-12-6-4-10-18(20)19-11-5-7-13-21(19)22/h1-13,22-23H,14-16,26H2,(H,28,29)/t23-/m0/s1. The highest BCUT2D eigenvalue weighted by Gasteiger charge is 2.33. The van der Waals surface area contributed by atoms with E-state index in [-0.39, 0.29) is 25.6 Å². The highest BCUT2D eigenvalue weighted by atomic mass is 16.6. The van der Waals surface area contributed by atoms with Crippen molar-refractivity contribution < 1.29 is 19.4 Å². The molecule has 0 heterocycles. The lowest BCUT2D eigenvalue weighted by Crippen LogP contribution is -2.49. The Balaban J connectivity index is 1.51. The van der Waals surface area contributed by atoms with Gasteiger partial charge in [0.15, 0.2) is 0 Å². The second-order valence-corrected chi connectivity index (χ2v) is 7.50. The molecular weight excluding hydrogens is 392 g/mol. The summed E-state index contributed by atoms with van der Waals surface area (Å²) in [5.74, 6) is -1.23. The number of rotatable bonds is 7. The second kappa shape index (κ2) is 9.02. The zero-order valence-corrected chi connectivity index (χ0v) is 17.0.